The summed E-state index contributed by atoms with van der Waals surface area (Å²) in [5, 5.41) is 1.04. The first-order valence-corrected chi connectivity index (χ1v) is 5.95. The molecule has 1 unspecified atom stereocenters. The van der Waals surface area contributed by atoms with E-state index in [-0.39, 0.29) is 11.5 Å². The number of fused-ring (bicyclic) bond motifs is 1. The van der Waals surface area contributed by atoms with Gasteiger partial charge in [0.1, 0.15) is 5.58 Å². The summed E-state index contributed by atoms with van der Waals surface area (Å²) in [6, 6.07) is 5.01. The van der Waals surface area contributed by atoms with Crippen LogP contribution < -0.4 is 11.2 Å². The zero-order chi connectivity index (χ0) is 12.4. The molecule has 3 nitrogen and oxygen atoms in total. The molecule has 2 rings (SSSR count). The van der Waals surface area contributed by atoms with E-state index in [0.717, 1.165) is 6.42 Å². The van der Waals surface area contributed by atoms with E-state index in [1.165, 1.54) is 6.26 Å². The molecule has 4 heteroatoms. The molecule has 1 heterocycles. The fourth-order valence-corrected chi connectivity index (χ4v) is 1.88. The van der Waals surface area contributed by atoms with Crippen molar-refractivity contribution in [3.05, 3.63) is 45.3 Å². The first kappa shape index (κ1) is 12.1. The zero-order valence-corrected chi connectivity index (χ0v) is 10.3. The van der Waals surface area contributed by atoms with Crippen LogP contribution in [0, 0.1) is 0 Å². The second kappa shape index (κ2) is 4.90. The summed E-state index contributed by atoms with van der Waals surface area (Å²) in [5.41, 5.74) is 6.95. The lowest BCUT2D eigenvalue weighted by Gasteiger charge is -2.08. The van der Waals surface area contributed by atoms with E-state index in [9.17, 15) is 4.79 Å². The van der Waals surface area contributed by atoms with E-state index >= 15 is 0 Å². The summed E-state index contributed by atoms with van der Waals surface area (Å²) in [4.78, 5) is 12.2. The maximum absolute atomic E-state index is 12.2. The predicted molar refractivity (Wildman–Crippen MR) is 69.5 cm³/mol. The Morgan fingerprint density at radius 2 is 2.24 bits per heavy atom. The summed E-state index contributed by atoms with van der Waals surface area (Å²) in [7, 11) is 0. The number of halogens is 1. The van der Waals surface area contributed by atoms with Gasteiger partial charge in [-0.25, -0.2) is 0 Å². The van der Waals surface area contributed by atoms with Gasteiger partial charge < -0.3 is 10.2 Å². The van der Waals surface area contributed by atoms with Crippen LogP contribution in [0.5, 0.6) is 0 Å². The molecule has 0 spiro atoms. The molecule has 0 aliphatic heterocycles. The van der Waals surface area contributed by atoms with E-state index in [2.05, 4.69) is 0 Å². The Hall–Kier alpha value is -1.32. The van der Waals surface area contributed by atoms with Gasteiger partial charge in [-0.05, 0) is 31.0 Å². The molecule has 0 fully saturated rings. The standard InChI is InChI=1S/C13H14ClNO2/c1-2-10(15)5-8-7-17-12-4-3-9(14)6-11(12)13(8)16/h3-4,6-7,10H,2,5,15H2,1H3. The quantitative estimate of drug-likeness (QED) is 0.913. The van der Waals surface area contributed by atoms with Crippen molar-refractivity contribution in [2.75, 3.05) is 0 Å². The highest BCUT2D eigenvalue weighted by atomic mass is 35.5. The number of hydrogen-bond acceptors (Lipinski definition) is 3. The van der Waals surface area contributed by atoms with Gasteiger partial charge in [-0.1, -0.05) is 18.5 Å². The Labute approximate surface area is 104 Å². The molecule has 1 atom stereocenters. The maximum atomic E-state index is 12.2. The Morgan fingerprint density at radius 3 is 2.94 bits per heavy atom. The Morgan fingerprint density at radius 1 is 1.47 bits per heavy atom. The van der Waals surface area contributed by atoms with Crippen molar-refractivity contribution in [2.45, 2.75) is 25.8 Å². The zero-order valence-electron chi connectivity index (χ0n) is 9.57. The molecule has 0 saturated carbocycles. The second-order valence-corrected chi connectivity index (χ2v) is 4.54. The van der Waals surface area contributed by atoms with Crippen LogP contribution in [0.4, 0.5) is 0 Å². The van der Waals surface area contributed by atoms with Crippen LogP contribution >= 0.6 is 11.6 Å². The van der Waals surface area contributed by atoms with Crippen LogP contribution in [0.3, 0.4) is 0 Å². The number of hydrogen-bond donors (Lipinski definition) is 1. The van der Waals surface area contributed by atoms with Gasteiger partial charge in [0.2, 0.25) is 0 Å². The van der Waals surface area contributed by atoms with Gasteiger partial charge in [-0.15, -0.1) is 0 Å². The van der Waals surface area contributed by atoms with E-state index in [0.29, 0.717) is 28.0 Å². The molecule has 0 aliphatic carbocycles. The smallest absolute Gasteiger partial charge is 0.195 e. The van der Waals surface area contributed by atoms with Gasteiger partial charge in [-0.2, -0.15) is 0 Å². The largest absolute Gasteiger partial charge is 0.464 e. The third kappa shape index (κ3) is 2.51. The van der Waals surface area contributed by atoms with Crippen molar-refractivity contribution in [1.82, 2.24) is 0 Å². The molecule has 2 N–H and O–H groups in total. The van der Waals surface area contributed by atoms with Crippen LogP contribution in [0.25, 0.3) is 11.0 Å². The van der Waals surface area contributed by atoms with Crippen molar-refractivity contribution < 1.29 is 4.42 Å². The van der Waals surface area contributed by atoms with Gasteiger partial charge in [-0.3, -0.25) is 4.79 Å². The van der Waals surface area contributed by atoms with Crippen LogP contribution in [0.15, 0.2) is 33.7 Å². The van der Waals surface area contributed by atoms with Crippen LogP contribution in [0.1, 0.15) is 18.9 Å². The number of benzene rings is 1. The second-order valence-electron chi connectivity index (χ2n) is 4.10. The van der Waals surface area contributed by atoms with Crippen molar-refractivity contribution in [3.63, 3.8) is 0 Å². The third-order valence-electron chi connectivity index (χ3n) is 2.81. The van der Waals surface area contributed by atoms with E-state index in [1.54, 1.807) is 18.2 Å². The average molecular weight is 252 g/mol. The minimum absolute atomic E-state index is 0.0189. The van der Waals surface area contributed by atoms with Crippen LogP contribution in [0.2, 0.25) is 5.02 Å². The third-order valence-corrected chi connectivity index (χ3v) is 3.05. The number of rotatable bonds is 3. The molecule has 90 valence electrons. The van der Waals surface area contributed by atoms with Gasteiger partial charge in [0.05, 0.1) is 11.6 Å². The normalized spacial score (nSPS) is 12.9. The molecule has 0 bridgehead atoms. The number of nitrogens with two attached hydrogens (primary N) is 1. The fourth-order valence-electron chi connectivity index (χ4n) is 1.71. The Balaban J connectivity index is 2.53. The first-order chi connectivity index (χ1) is 8.11. The summed E-state index contributed by atoms with van der Waals surface area (Å²) in [5.74, 6) is 0. The summed E-state index contributed by atoms with van der Waals surface area (Å²) < 4.78 is 5.41. The predicted octanol–water partition coefficient (Wildman–Crippen LogP) is 2.73. The molecule has 0 saturated heterocycles. The van der Waals surface area contributed by atoms with Gasteiger partial charge in [0, 0.05) is 16.6 Å². The fraction of sp³-hybridized carbons (Fsp3) is 0.308. The van der Waals surface area contributed by atoms with E-state index in [4.69, 9.17) is 21.8 Å². The maximum Gasteiger partial charge on any atom is 0.195 e. The molecule has 0 aliphatic rings. The van der Waals surface area contributed by atoms with Crippen molar-refractivity contribution in [2.24, 2.45) is 5.73 Å². The van der Waals surface area contributed by atoms with Crippen molar-refractivity contribution in [3.8, 4) is 0 Å². The summed E-state index contributed by atoms with van der Waals surface area (Å²) >= 11 is 5.87. The van der Waals surface area contributed by atoms with E-state index in [1.807, 2.05) is 6.92 Å². The molecule has 1 aromatic carbocycles. The van der Waals surface area contributed by atoms with Gasteiger partial charge in [0.15, 0.2) is 5.43 Å². The lowest BCUT2D eigenvalue weighted by Crippen LogP contribution is -2.24. The lowest BCUT2D eigenvalue weighted by atomic mass is 10.0. The van der Waals surface area contributed by atoms with Crippen LogP contribution in [-0.4, -0.2) is 6.04 Å². The molecule has 0 radical (unpaired) electrons. The Kier molecular flexibility index (Phi) is 3.50. The summed E-state index contributed by atoms with van der Waals surface area (Å²) in [6.07, 6.45) is 2.85. The minimum atomic E-state index is -0.0438. The van der Waals surface area contributed by atoms with Crippen molar-refractivity contribution >= 4 is 22.6 Å². The van der Waals surface area contributed by atoms with E-state index < -0.39 is 0 Å². The average Bonchev–Trinajstić information content (AvgIpc) is 2.33. The molecular formula is C13H14ClNO2. The topological polar surface area (TPSA) is 56.2 Å². The highest BCUT2D eigenvalue weighted by Crippen LogP contribution is 2.17. The monoisotopic (exact) mass is 251 g/mol. The molecule has 2 aromatic rings. The van der Waals surface area contributed by atoms with Gasteiger partial charge in [0.25, 0.3) is 0 Å². The lowest BCUT2D eigenvalue weighted by molar-refractivity contribution is 0.574. The molecular weight excluding hydrogens is 238 g/mol. The van der Waals surface area contributed by atoms with Gasteiger partial charge >= 0.3 is 0 Å². The molecule has 0 amide bonds. The molecule has 1 aromatic heterocycles. The highest BCUT2D eigenvalue weighted by Gasteiger charge is 2.10. The van der Waals surface area contributed by atoms with Crippen LogP contribution in [-0.2, 0) is 6.42 Å². The van der Waals surface area contributed by atoms with Crippen molar-refractivity contribution in [1.29, 1.82) is 0 Å². The minimum Gasteiger partial charge on any atom is -0.464 e. The summed E-state index contributed by atoms with van der Waals surface area (Å²) in [6.45, 7) is 1.99. The SMILES string of the molecule is CCC(N)Cc1coc2ccc(Cl)cc2c1=O. The molecule has 17 heavy (non-hydrogen) atoms. The highest BCUT2D eigenvalue weighted by molar-refractivity contribution is 6.31. The Bertz CT molecular complexity index is 591. The first-order valence-electron chi connectivity index (χ1n) is 5.57.